The molecular weight excluding hydrogens is 510 g/mol. The van der Waals surface area contributed by atoms with E-state index in [1.165, 1.54) is 11.3 Å². The van der Waals surface area contributed by atoms with Crippen LogP contribution in [0.2, 0.25) is 0 Å². The number of Topliss-reactive ketones (excluding diaryl/α,β-unsaturated/α-hetero) is 1. The second kappa shape index (κ2) is 10.3. The van der Waals surface area contributed by atoms with E-state index in [9.17, 15) is 13.2 Å². The predicted molar refractivity (Wildman–Crippen MR) is 146 cm³/mol. The van der Waals surface area contributed by atoms with E-state index in [1.807, 2.05) is 27.7 Å². The van der Waals surface area contributed by atoms with E-state index >= 15 is 0 Å². The summed E-state index contributed by atoms with van der Waals surface area (Å²) in [5.41, 5.74) is 15.2. The van der Waals surface area contributed by atoms with Crippen molar-refractivity contribution in [1.82, 2.24) is 9.88 Å². The molecule has 4 rings (SSSR count). The number of ether oxygens (including phenoxy) is 1. The smallest absolute Gasteiger partial charge is 0.286 e. The van der Waals surface area contributed by atoms with Crippen LogP contribution in [0.1, 0.15) is 71.6 Å². The summed E-state index contributed by atoms with van der Waals surface area (Å²) in [6.07, 6.45) is 5.30. The van der Waals surface area contributed by atoms with E-state index in [4.69, 9.17) is 16.2 Å². The lowest BCUT2D eigenvalue weighted by Crippen LogP contribution is -2.46. The molecule has 2 aliphatic heterocycles. The summed E-state index contributed by atoms with van der Waals surface area (Å²) in [6.45, 7) is 10.7. The van der Waals surface area contributed by atoms with E-state index in [1.54, 1.807) is 23.4 Å². The Morgan fingerprint density at radius 3 is 2.70 bits per heavy atom. The zero-order valence-corrected chi connectivity index (χ0v) is 23.8. The van der Waals surface area contributed by atoms with E-state index in [0.29, 0.717) is 35.6 Å². The van der Waals surface area contributed by atoms with Crippen LogP contribution in [0.25, 0.3) is 0 Å². The average Bonchev–Trinajstić information content (AvgIpc) is 3.36. The Morgan fingerprint density at radius 1 is 1.30 bits per heavy atom. The SMILES string of the molecule is Cc1c(C)c(S(=O)(=O)/N=C(\N)N2CCC[C@@H](C[C@H](N)C(=O)c3nccs3)C2)c(C)c2c1OC(C)(C)CC2. The number of sulfonamides is 1. The predicted octanol–water partition coefficient (Wildman–Crippen LogP) is 3.49. The van der Waals surface area contributed by atoms with Gasteiger partial charge in [-0.05, 0) is 94.9 Å². The van der Waals surface area contributed by atoms with Gasteiger partial charge in [-0.15, -0.1) is 15.7 Å². The van der Waals surface area contributed by atoms with Crippen LogP contribution in [0, 0.1) is 26.7 Å². The van der Waals surface area contributed by atoms with Crippen LogP contribution in [-0.4, -0.2) is 54.8 Å². The lowest BCUT2D eigenvalue weighted by atomic mass is 9.88. The summed E-state index contributed by atoms with van der Waals surface area (Å²) >= 11 is 1.28. The van der Waals surface area contributed by atoms with E-state index in [0.717, 1.165) is 42.6 Å². The fraction of sp³-hybridized carbons (Fsp3) is 0.577. The number of hydrogen-bond acceptors (Lipinski definition) is 7. The second-order valence-electron chi connectivity index (χ2n) is 10.8. The molecule has 37 heavy (non-hydrogen) atoms. The van der Waals surface area contributed by atoms with Gasteiger partial charge in [0.05, 0.1) is 10.9 Å². The van der Waals surface area contributed by atoms with Crippen molar-refractivity contribution in [3.8, 4) is 5.75 Å². The van der Waals surface area contributed by atoms with Crippen LogP contribution in [0.4, 0.5) is 0 Å². The molecule has 11 heteroatoms. The zero-order chi connectivity index (χ0) is 27.1. The molecule has 0 aliphatic carbocycles. The van der Waals surface area contributed by atoms with Gasteiger partial charge in [-0.1, -0.05) is 0 Å². The molecule has 4 N–H and O–H groups in total. The standard InChI is InChI=1S/C26H37N5O4S2/c1-15-16(2)23(17(3)19-8-9-26(4,5)35-22(15)19)37(33,34)30-25(28)31-11-6-7-18(14-31)13-20(27)21(32)24-29-10-12-36-24/h10,12,18,20H,6-9,11,13-14,27H2,1-5H3,(H2,28,30)/t18-,20-/m0/s1. The van der Waals surface area contributed by atoms with Crippen molar-refractivity contribution in [3.05, 3.63) is 38.8 Å². The molecule has 3 heterocycles. The largest absolute Gasteiger partial charge is 0.487 e. The van der Waals surface area contributed by atoms with Crippen molar-refractivity contribution in [1.29, 1.82) is 0 Å². The lowest BCUT2D eigenvalue weighted by molar-refractivity contribution is 0.0831. The number of guanidine groups is 1. The fourth-order valence-corrected chi connectivity index (χ4v) is 7.54. The van der Waals surface area contributed by atoms with Crippen molar-refractivity contribution in [2.45, 2.75) is 83.3 Å². The summed E-state index contributed by atoms with van der Waals surface area (Å²) < 4.78 is 37.4. The number of carbonyl (C=O) groups is 1. The molecule has 1 aromatic heterocycles. The van der Waals surface area contributed by atoms with Crippen LogP contribution in [0.15, 0.2) is 20.9 Å². The number of fused-ring (bicyclic) bond motifs is 1. The van der Waals surface area contributed by atoms with Crippen molar-refractivity contribution < 1.29 is 17.9 Å². The maximum absolute atomic E-state index is 13.6. The molecule has 2 aliphatic rings. The van der Waals surface area contributed by atoms with Crippen LogP contribution < -0.4 is 16.2 Å². The van der Waals surface area contributed by atoms with Crippen molar-refractivity contribution in [2.24, 2.45) is 21.8 Å². The van der Waals surface area contributed by atoms with Gasteiger partial charge in [0, 0.05) is 24.7 Å². The summed E-state index contributed by atoms with van der Waals surface area (Å²) in [4.78, 5) is 18.6. The van der Waals surface area contributed by atoms with E-state index < -0.39 is 16.1 Å². The molecule has 2 atom stereocenters. The van der Waals surface area contributed by atoms with Crippen molar-refractivity contribution in [2.75, 3.05) is 13.1 Å². The molecule has 1 fully saturated rings. The summed E-state index contributed by atoms with van der Waals surface area (Å²) in [7, 11) is -4.06. The minimum atomic E-state index is -4.06. The number of likely N-dealkylation sites (tertiary alicyclic amines) is 1. The quantitative estimate of drug-likeness (QED) is 0.318. The molecule has 0 saturated carbocycles. The van der Waals surface area contributed by atoms with Gasteiger partial charge in [0.25, 0.3) is 10.0 Å². The highest BCUT2D eigenvalue weighted by molar-refractivity contribution is 7.90. The number of hydrogen-bond donors (Lipinski definition) is 2. The number of benzene rings is 1. The average molecular weight is 548 g/mol. The van der Waals surface area contributed by atoms with Gasteiger partial charge in [0.15, 0.2) is 5.01 Å². The Morgan fingerprint density at radius 2 is 2.03 bits per heavy atom. The van der Waals surface area contributed by atoms with Crippen LogP contribution >= 0.6 is 11.3 Å². The number of carbonyl (C=O) groups excluding carboxylic acids is 1. The zero-order valence-electron chi connectivity index (χ0n) is 22.2. The molecule has 0 amide bonds. The number of thiazole rings is 1. The Kier molecular flexibility index (Phi) is 7.69. The molecule has 9 nitrogen and oxygen atoms in total. The molecule has 0 radical (unpaired) electrons. The monoisotopic (exact) mass is 547 g/mol. The fourth-order valence-electron chi connectivity index (χ4n) is 5.40. The molecular formula is C26H37N5O4S2. The number of rotatable bonds is 6. The molecule has 202 valence electrons. The Hall–Kier alpha value is -2.50. The maximum Gasteiger partial charge on any atom is 0.286 e. The molecule has 1 aromatic carbocycles. The minimum Gasteiger partial charge on any atom is -0.487 e. The van der Waals surface area contributed by atoms with Gasteiger partial charge in [-0.2, -0.15) is 8.42 Å². The minimum absolute atomic E-state index is 0.0314. The summed E-state index contributed by atoms with van der Waals surface area (Å²) in [5.74, 6) is 0.678. The molecule has 0 bridgehead atoms. The first kappa shape index (κ1) is 27.5. The first-order chi connectivity index (χ1) is 17.3. The van der Waals surface area contributed by atoms with Gasteiger partial charge < -0.3 is 21.1 Å². The van der Waals surface area contributed by atoms with Gasteiger partial charge >= 0.3 is 0 Å². The normalized spacial score (nSPS) is 20.8. The molecule has 0 unspecified atom stereocenters. The first-order valence-corrected chi connectivity index (χ1v) is 15.0. The van der Waals surface area contributed by atoms with Gasteiger partial charge in [0.2, 0.25) is 11.7 Å². The van der Waals surface area contributed by atoms with Crippen molar-refractivity contribution >= 4 is 33.1 Å². The number of nitrogens with two attached hydrogens (primary N) is 2. The summed E-state index contributed by atoms with van der Waals surface area (Å²) in [6, 6.07) is -0.658. The van der Waals surface area contributed by atoms with Crippen molar-refractivity contribution in [3.63, 3.8) is 0 Å². The van der Waals surface area contributed by atoms with Gasteiger partial charge in [-0.25, -0.2) is 4.98 Å². The van der Waals surface area contributed by atoms with Crippen LogP contribution in [0.3, 0.4) is 0 Å². The highest BCUT2D eigenvalue weighted by atomic mass is 32.2. The number of piperidine rings is 1. The van der Waals surface area contributed by atoms with Gasteiger partial charge in [-0.3, -0.25) is 4.79 Å². The maximum atomic E-state index is 13.6. The van der Waals surface area contributed by atoms with Gasteiger partial charge in [0.1, 0.15) is 11.4 Å². The third kappa shape index (κ3) is 5.68. The third-order valence-corrected chi connectivity index (χ3v) is 9.89. The van der Waals surface area contributed by atoms with E-state index in [2.05, 4.69) is 9.38 Å². The summed E-state index contributed by atoms with van der Waals surface area (Å²) in [5, 5.41) is 2.16. The number of nitrogens with zero attached hydrogens (tertiary/aromatic N) is 3. The second-order valence-corrected chi connectivity index (χ2v) is 13.2. The molecule has 1 saturated heterocycles. The number of aromatic nitrogens is 1. The van der Waals surface area contributed by atoms with Crippen LogP contribution in [0.5, 0.6) is 5.75 Å². The Balaban J connectivity index is 1.54. The number of ketones is 1. The topological polar surface area (TPSA) is 141 Å². The van der Waals surface area contributed by atoms with E-state index in [-0.39, 0.29) is 28.2 Å². The van der Waals surface area contributed by atoms with Crippen LogP contribution in [-0.2, 0) is 16.4 Å². The molecule has 2 aromatic rings. The lowest BCUT2D eigenvalue weighted by Gasteiger charge is -2.35. The highest BCUT2D eigenvalue weighted by Gasteiger charge is 2.34. The Bertz CT molecular complexity index is 1320. The molecule has 0 spiro atoms. The highest BCUT2D eigenvalue weighted by Crippen LogP contribution is 2.42. The first-order valence-electron chi connectivity index (χ1n) is 12.7. The third-order valence-electron chi connectivity index (χ3n) is 7.55. The Labute approximate surface area is 223 Å².